The molecule has 2 heteroatoms. The Hall–Kier alpha value is -1.96. The minimum absolute atomic E-state index is 0.613. The molecule has 2 aromatic carbocycles. The zero-order chi connectivity index (χ0) is 13.9. The van der Waals surface area contributed by atoms with E-state index >= 15 is 0 Å². The summed E-state index contributed by atoms with van der Waals surface area (Å²) in [4.78, 5) is 0. The smallest absolute Gasteiger partial charge is 0.119 e. The monoisotopic (exact) mass is 268 g/mol. The molecule has 0 heterocycles. The Morgan fingerprint density at radius 3 is 2.25 bits per heavy atom. The van der Waals surface area contributed by atoms with Gasteiger partial charge in [0, 0.05) is 0 Å². The average Bonchev–Trinajstić information content (AvgIpc) is 2.54. The second-order valence-corrected chi connectivity index (χ2v) is 5.35. The molecule has 1 aliphatic rings. The topological polar surface area (TPSA) is 18.5 Å². The SMILES string of the molecule is COc1ccc(C2CCc3cc(OC)ccc3C2)cc1. The van der Waals surface area contributed by atoms with Gasteiger partial charge in [-0.3, -0.25) is 0 Å². The highest BCUT2D eigenvalue weighted by molar-refractivity contribution is 5.40. The van der Waals surface area contributed by atoms with Crippen LogP contribution in [0.5, 0.6) is 11.5 Å². The van der Waals surface area contributed by atoms with Gasteiger partial charge in [0.15, 0.2) is 0 Å². The standard InChI is InChI=1S/C18H20O2/c1-19-17-8-5-13(6-9-17)14-3-4-16-12-18(20-2)10-7-15(16)11-14/h5-10,12,14H,3-4,11H2,1-2H3. The van der Waals surface area contributed by atoms with Gasteiger partial charge < -0.3 is 9.47 Å². The zero-order valence-electron chi connectivity index (χ0n) is 12.1. The van der Waals surface area contributed by atoms with Crippen LogP contribution < -0.4 is 9.47 Å². The molecule has 0 N–H and O–H groups in total. The number of rotatable bonds is 3. The van der Waals surface area contributed by atoms with Crippen molar-refractivity contribution in [2.45, 2.75) is 25.2 Å². The first-order valence-electron chi connectivity index (χ1n) is 7.10. The van der Waals surface area contributed by atoms with Crippen molar-refractivity contribution in [1.29, 1.82) is 0 Å². The molecule has 1 atom stereocenters. The Morgan fingerprint density at radius 2 is 1.55 bits per heavy atom. The highest BCUT2D eigenvalue weighted by Crippen LogP contribution is 2.34. The van der Waals surface area contributed by atoms with E-state index in [2.05, 4.69) is 42.5 Å². The van der Waals surface area contributed by atoms with E-state index < -0.39 is 0 Å². The van der Waals surface area contributed by atoms with Gasteiger partial charge in [0.05, 0.1) is 14.2 Å². The van der Waals surface area contributed by atoms with Gasteiger partial charge in [-0.25, -0.2) is 0 Å². The van der Waals surface area contributed by atoms with Crippen molar-refractivity contribution in [3.63, 3.8) is 0 Å². The summed E-state index contributed by atoms with van der Waals surface area (Å²) in [6, 6.07) is 15.0. The highest BCUT2D eigenvalue weighted by atomic mass is 16.5. The van der Waals surface area contributed by atoms with E-state index in [1.165, 1.54) is 23.1 Å². The number of ether oxygens (including phenoxy) is 2. The molecule has 0 amide bonds. The van der Waals surface area contributed by atoms with Gasteiger partial charge in [-0.05, 0) is 66.1 Å². The van der Waals surface area contributed by atoms with Crippen LogP contribution in [0.2, 0.25) is 0 Å². The normalized spacial score (nSPS) is 17.4. The molecule has 20 heavy (non-hydrogen) atoms. The van der Waals surface area contributed by atoms with Gasteiger partial charge >= 0.3 is 0 Å². The summed E-state index contributed by atoms with van der Waals surface area (Å²) in [6.45, 7) is 0. The fourth-order valence-corrected chi connectivity index (χ4v) is 3.02. The third-order valence-electron chi connectivity index (χ3n) is 4.23. The van der Waals surface area contributed by atoms with Gasteiger partial charge in [0.2, 0.25) is 0 Å². The fraction of sp³-hybridized carbons (Fsp3) is 0.333. The van der Waals surface area contributed by atoms with Crippen LogP contribution in [-0.4, -0.2) is 14.2 Å². The second kappa shape index (κ2) is 5.58. The Kier molecular flexibility index (Phi) is 3.64. The molecule has 2 nitrogen and oxygen atoms in total. The third-order valence-corrected chi connectivity index (χ3v) is 4.23. The quantitative estimate of drug-likeness (QED) is 0.838. The molecule has 0 fully saturated rings. The number of methoxy groups -OCH3 is 2. The molecule has 0 saturated heterocycles. The van der Waals surface area contributed by atoms with Gasteiger partial charge in [0.1, 0.15) is 11.5 Å². The van der Waals surface area contributed by atoms with E-state index in [0.29, 0.717) is 5.92 Å². The van der Waals surface area contributed by atoms with Crippen LogP contribution in [0.15, 0.2) is 42.5 Å². The first-order valence-corrected chi connectivity index (χ1v) is 7.10. The van der Waals surface area contributed by atoms with E-state index in [-0.39, 0.29) is 0 Å². The molecule has 0 aromatic heterocycles. The van der Waals surface area contributed by atoms with E-state index in [1.54, 1.807) is 14.2 Å². The van der Waals surface area contributed by atoms with Crippen LogP contribution in [0.4, 0.5) is 0 Å². The molecule has 0 bridgehead atoms. The Morgan fingerprint density at radius 1 is 0.850 bits per heavy atom. The van der Waals surface area contributed by atoms with Gasteiger partial charge in [-0.15, -0.1) is 0 Å². The summed E-state index contributed by atoms with van der Waals surface area (Å²) < 4.78 is 10.5. The lowest BCUT2D eigenvalue weighted by Crippen LogP contribution is -2.12. The molecule has 0 saturated carbocycles. The summed E-state index contributed by atoms with van der Waals surface area (Å²) in [5.41, 5.74) is 4.30. The Balaban J connectivity index is 1.80. The third kappa shape index (κ3) is 2.51. The number of aryl methyl sites for hydroxylation is 1. The maximum atomic E-state index is 5.30. The first kappa shape index (κ1) is 13.0. The van der Waals surface area contributed by atoms with Crippen molar-refractivity contribution in [2.24, 2.45) is 0 Å². The summed E-state index contributed by atoms with van der Waals surface area (Å²) in [6.07, 6.45) is 3.45. The Bertz CT molecular complexity index is 587. The van der Waals surface area contributed by atoms with Crippen LogP contribution in [0, 0.1) is 0 Å². The minimum atomic E-state index is 0.613. The zero-order valence-corrected chi connectivity index (χ0v) is 12.1. The van der Waals surface area contributed by atoms with Crippen LogP contribution in [0.1, 0.15) is 29.0 Å². The molecule has 0 radical (unpaired) electrons. The minimum Gasteiger partial charge on any atom is -0.497 e. The number of fused-ring (bicyclic) bond motifs is 1. The van der Waals surface area contributed by atoms with Gasteiger partial charge in [-0.2, -0.15) is 0 Å². The maximum Gasteiger partial charge on any atom is 0.119 e. The second-order valence-electron chi connectivity index (χ2n) is 5.35. The summed E-state index contributed by atoms with van der Waals surface area (Å²) in [5.74, 6) is 2.50. The molecule has 1 unspecified atom stereocenters. The van der Waals surface area contributed by atoms with Crippen LogP contribution in [0.25, 0.3) is 0 Å². The molecule has 2 aromatic rings. The van der Waals surface area contributed by atoms with Gasteiger partial charge in [-0.1, -0.05) is 18.2 Å². The van der Waals surface area contributed by atoms with Crippen molar-refractivity contribution in [3.8, 4) is 11.5 Å². The maximum absolute atomic E-state index is 5.30. The molecule has 1 aliphatic carbocycles. The predicted molar refractivity (Wildman–Crippen MR) is 80.8 cm³/mol. The first-order chi connectivity index (χ1) is 9.80. The number of benzene rings is 2. The van der Waals surface area contributed by atoms with Crippen molar-refractivity contribution < 1.29 is 9.47 Å². The van der Waals surface area contributed by atoms with Crippen LogP contribution in [0.3, 0.4) is 0 Å². The summed E-state index contributed by atoms with van der Waals surface area (Å²) in [5, 5.41) is 0. The molecular weight excluding hydrogens is 248 g/mol. The average molecular weight is 268 g/mol. The molecule has 3 rings (SSSR count). The van der Waals surface area contributed by atoms with Crippen LogP contribution >= 0.6 is 0 Å². The van der Waals surface area contributed by atoms with Crippen molar-refractivity contribution in [3.05, 3.63) is 59.2 Å². The molecular formula is C18H20O2. The van der Waals surface area contributed by atoms with E-state index in [4.69, 9.17) is 9.47 Å². The largest absolute Gasteiger partial charge is 0.497 e. The van der Waals surface area contributed by atoms with E-state index in [1.807, 2.05) is 0 Å². The van der Waals surface area contributed by atoms with E-state index in [0.717, 1.165) is 24.3 Å². The van der Waals surface area contributed by atoms with Crippen molar-refractivity contribution in [2.75, 3.05) is 14.2 Å². The number of hydrogen-bond acceptors (Lipinski definition) is 2. The van der Waals surface area contributed by atoms with Crippen molar-refractivity contribution >= 4 is 0 Å². The van der Waals surface area contributed by atoms with Crippen LogP contribution in [-0.2, 0) is 12.8 Å². The van der Waals surface area contributed by atoms with Crippen molar-refractivity contribution in [1.82, 2.24) is 0 Å². The molecule has 104 valence electrons. The Labute approximate surface area is 120 Å². The highest BCUT2D eigenvalue weighted by Gasteiger charge is 2.20. The lowest BCUT2D eigenvalue weighted by Gasteiger charge is -2.25. The summed E-state index contributed by atoms with van der Waals surface area (Å²) >= 11 is 0. The lowest BCUT2D eigenvalue weighted by molar-refractivity contribution is 0.413. The van der Waals surface area contributed by atoms with E-state index in [9.17, 15) is 0 Å². The fourth-order valence-electron chi connectivity index (χ4n) is 3.02. The molecule has 0 aliphatic heterocycles. The number of hydrogen-bond donors (Lipinski definition) is 0. The molecule has 0 spiro atoms. The predicted octanol–water partition coefficient (Wildman–Crippen LogP) is 3.98. The van der Waals surface area contributed by atoms with Gasteiger partial charge in [0.25, 0.3) is 0 Å². The summed E-state index contributed by atoms with van der Waals surface area (Å²) in [7, 11) is 3.43. The lowest BCUT2D eigenvalue weighted by atomic mass is 9.80.